The van der Waals surface area contributed by atoms with Gasteiger partial charge in [-0.3, -0.25) is 0 Å². The third-order valence-electron chi connectivity index (χ3n) is 1.90. The van der Waals surface area contributed by atoms with Crippen molar-refractivity contribution in [2.24, 2.45) is 5.73 Å². The molecule has 1 rings (SSSR count). The smallest absolute Gasteiger partial charge is 0.402 e. The zero-order valence-electron chi connectivity index (χ0n) is 8.96. The summed E-state index contributed by atoms with van der Waals surface area (Å²) in [6.07, 6.45) is 0.980. The van der Waals surface area contributed by atoms with Crippen molar-refractivity contribution < 1.29 is 9.90 Å². The van der Waals surface area contributed by atoms with Crippen LogP contribution in [-0.2, 0) is 6.42 Å². The Morgan fingerprint density at radius 2 is 2.07 bits per heavy atom. The van der Waals surface area contributed by atoms with E-state index in [4.69, 9.17) is 21.5 Å². The highest BCUT2D eigenvalue weighted by Gasteiger charge is 1.99. The molecule has 0 radical (unpaired) electrons. The average molecular weight is 230 g/mol. The van der Waals surface area contributed by atoms with E-state index in [-0.39, 0.29) is 0 Å². The van der Waals surface area contributed by atoms with Gasteiger partial charge >= 0.3 is 6.09 Å². The van der Waals surface area contributed by atoms with Gasteiger partial charge in [-0.25, -0.2) is 4.79 Å². The van der Waals surface area contributed by atoms with Crippen LogP contribution in [0.4, 0.5) is 4.79 Å². The first-order valence-corrected chi connectivity index (χ1v) is 5.09. The van der Waals surface area contributed by atoms with E-state index in [0.29, 0.717) is 0 Å². The highest BCUT2D eigenvalue weighted by Crippen LogP contribution is 2.19. The quantitative estimate of drug-likeness (QED) is 0.818. The van der Waals surface area contributed by atoms with E-state index in [9.17, 15) is 0 Å². The first-order valence-electron chi connectivity index (χ1n) is 4.71. The van der Waals surface area contributed by atoms with E-state index in [0.717, 1.165) is 11.4 Å². The Kier molecular flexibility index (Phi) is 6.54. The number of nitrogens with two attached hydrogens (primary N) is 1. The highest BCUT2D eigenvalue weighted by atomic mass is 35.5. The molecule has 3 nitrogen and oxygen atoms in total. The van der Waals surface area contributed by atoms with Crippen LogP contribution in [0.3, 0.4) is 0 Å². The van der Waals surface area contributed by atoms with Crippen molar-refractivity contribution in [1.29, 1.82) is 0 Å². The second-order valence-electron chi connectivity index (χ2n) is 3.11. The first kappa shape index (κ1) is 13.8. The molecule has 1 aromatic carbocycles. The highest BCUT2D eigenvalue weighted by molar-refractivity contribution is 6.31. The molecule has 1 aromatic rings. The van der Waals surface area contributed by atoms with Gasteiger partial charge in [-0.2, -0.15) is 0 Å². The first-order chi connectivity index (χ1) is 6.99. The zero-order valence-corrected chi connectivity index (χ0v) is 9.71. The summed E-state index contributed by atoms with van der Waals surface area (Å²) in [6.45, 7) is 4.26. The summed E-state index contributed by atoms with van der Waals surface area (Å²) in [5.41, 5.74) is 6.64. The monoisotopic (exact) mass is 229 g/mol. The lowest BCUT2D eigenvalue weighted by Gasteiger charge is -2.04. The number of carbonyl (C=O) groups is 1. The van der Waals surface area contributed by atoms with Crippen LogP contribution in [0.2, 0.25) is 5.02 Å². The molecule has 0 bridgehead atoms. The van der Waals surface area contributed by atoms with Crippen molar-refractivity contribution in [1.82, 2.24) is 0 Å². The molecule has 0 atom stereocenters. The number of halogens is 1. The maximum absolute atomic E-state index is 8.78. The summed E-state index contributed by atoms with van der Waals surface area (Å²) in [7, 11) is 0. The minimum Gasteiger partial charge on any atom is -0.465 e. The zero-order chi connectivity index (χ0) is 11.8. The number of hydrogen-bond donors (Lipinski definition) is 2. The number of carboxylic acid groups (broad SMARTS) is 1. The van der Waals surface area contributed by atoms with Gasteiger partial charge < -0.3 is 10.8 Å². The summed E-state index contributed by atoms with van der Waals surface area (Å²) >= 11 is 5.95. The molecule has 0 heterocycles. The van der Waals surface area contributed by atoms with E-state index in [2.05, 4.69) is 25.6 Å². The summed E-state index contributed by atoms with van der Waals surface area (Å²) in [6, 6.07) is 6.10. The van der Waals surface area contributed by atoms with Gasteiger partial charge in [0.2, 0.25) is 0 Å². The Bertz CT molecular complexity index is 322. The third-order valence-corrected chi connectivity index (χ3v) is 2.31. The van der Waals surface area contributed by atoms with E-state index < -0.39 is 6.09 Å². The van der Waals surface area contributed by atoms with Crippen molar-refractivity contribution in [3.8, 4) is 0 Å². The van der Waals surface area contributed by atoms with Crippen LogP contribution in [-0.4, -0.2) is 11.2 Å². The van der Waals surface area contributed by atoms with Crippen molar-refractivity contribution in [3.63, 3.8) is 0 Å². The van der Waals surface area contributed by atoms with Crippen LogP contribution in [0.25, 0.3) is 0 Å². The molecule has 0 spiro atoms. The normalized spacial score (nSPS) is 9.00. The Morgan fingerprint density at radius 3 is 2.53 bits per heavy atom. The maximum atomic E-state index is 8.78. The molecule has 1 amide bonds. The lowest BCUT2D eigenvalue weighted by molar-refractivity contribution is 0.205. The Balaban J connectivity index is 0.000000423. The number of hydrogen-bond acceptors (Lipinski definition) is 1. The molecule has 0 aliphatic rings. The maximum Gasteiger partial charge on any atom is 0.402 e. The average Bonchev–Trinajstić information content (AvgIpc) is 2.12. The van der Waals surface area contributed by atoms with Crippen molar-refractivity contribution >= 4 is 17.7 Å². The van der Waals surface area contributed by atoms with Crippen molar-refractivity contribution in [2.75, 3.05) is 0 Å². The number of aryl methyl sites for hydroxylation is 1. The van der Waals surface area contributed by atoms with Gasteiger partial charge in [0.15, 0.2) is 0 Å². The van der Waals surface area contributed by atoms with Crippen LogP contribution in [0.5, 0.6) is 0 Å². The van der Waals surface area contributed by atoms with Gasteiger partial charge in [-0.05, 0) is 30.5 Å². The van der Waals surface area contributed by atoms with E-state index in [1.165, 1.54) is 17.5 Å². The standard InChI is InChI=1S/C10H13Cl.CH3NO2/c1-3-5-9-6-4-7-10(11)8(9)2;2-1(3)4/h4,6-7H,3,5H2,1-2H3;2H2,(H,3,4). The fourth-order valence-corrected chi connectivity index (χ4v) is 1.39. The van der Waals surface area contributed by atoms with Gasteiger partial charge in [-0.15, -0.1) is 0 Å². The minimum atomic E-state index is -1.33. The van der Waals surface area contributed by atoms with Crippen LogP contribution in [0.15, 0.2) is 18.2 Å². The van der Waals surface area contributed by atoms with Crippen LogP contribution < -0.4 is 5.73 Å². The molecule has 4 heteroatoms. The van der Waals surface area contributed by atoms with Gasteiger partial charge in [0.1, 0.15) is 0 Å². The predicted molar refractivity (Wildman–Crippen MR) is 62.4 cm³/mol. The molecule has 0 fully saturated rings. The lowest BCUT2D eigenvalue weighted by atomic mass is 10.0. The van der Waals surface area contributed by atoms with Crippen LogP contribution >= 0.6 is 11.6 Å². The number of rotatable bonds is 2. The molecular weight excluding hydrogens is 214 g/mol. The molecule has 0 saturated heterocycles. The van der Waals surface area contributed by atoms with Crippen molar-refractivity contribution in [2.45, 2.75) is 26.7 Å². The fourth-order valence-electron chi connectivity index (χ4n) is 1.19. The Labute approximate surface area is 94.9 Å². The molecule has 0 aliphatic carbocycles. The molecule has 15 heavy (non-hydrogen) atoms. The minimum absolute atomic E-state index is 0.885. The third kappa shape index (κ3) is 5.96. The summed E-state index contributed by atoms with van der Waals surface area (Å²) in [5, 5.41) is 8.08. The van der Waals surface area contributed by atoms with Crippen LogP contribution in [0, 0.1) is 6.92 Å². The Hall–Kier alpha value is -1.22. The summed E-state index contributed by atoms with van der Waals surface area (Å²) < 4.78 is 0. The van der Waals surface area contributed by atoms with Gasteiger partial charge in [0.25, 0.3) is 0 Å². The number of primary amides is 1. The summed E-state index contributed by atoms with van der Waals surface area (Å²) in [5.74, 6) is 0. The van der Waals surface area contributed by atoms with Gasteiger partial charge in [-0.1, -0.05) is 37.1 Å². The molecule has 84 valence electrons. The predicted octanol–water partition coefficient (Wildman–Crippen LogP) is 3.22. The Morgan fingerprint density at radius 1 is 1.53 bits per heavy atom. The van der Waals surface area contributed by atoms with E-state index >= 15 is 0 Å². The lowest BCUT2D eigenvalue weighted by Crippen LogP contribution is -2.03. The summed E-state index contributed by atoms with van der Waals surface area (Å²) in [4.78, 5) is 8.78. The van der Waals surface area contributed by atoms with Crippen molar-refractivity contribution in [3.05, 3.63) is 34.3 Å². The van der Waals surface area contributed by atoms with E-state index in [1.54, 1.807) is 0 Å². The van der Waals surface area contributed by atoms with Crippen LogP contribution in [0.1, 0.15) is 24.5 Å². The molecule has 0 unspecified atom stereocenters. The molecule has 0 aliphatic heterocycles. The van der Waals surface area contributed by atoms with Gasteiger partial charge in [0, 0.05) is 5.02 Å². The number of amides is 1. The molecule has 0 aromatic heterocycles. The van der Waals surface area contributed by atoms with E-state index in [1.807, 2.05) is 12.1 Å². The SMILES string of the molecule is CCCc1cccc(Cl)c1C.NC(=O)O. The van der Waals surface area contributed by atoms with Gasteiger partial charge in [0.05, 0.1) is 0 Å². The second kappa shape index (κ2) is 7.12. The second-order valence-corrected chi connectivity index (χ2v) is 3.52. The largest absolute Gasteiger partial charge is 0.465 e. The fraction of sp³-hybridized carbons (Fsp3) is 0.364. The number of benzene rings is 1. The molecule has 3 N–H and O–H groups in total. The molecule has 0 saturated carbocycles. The molecular formula is C11H16ClNO2. The topological polar surface area (TPSA) is 63.3 Å².